The van der Waals surface area contributed by atoms with E-state index in [0.29, 0.717) is 12.4 Å². The predicted molar refractivity (Wildman–Crippen MR) is 117 cm³/mol. The Bertz CT molecular complexity index is 1310. The molecule has 0 spiro atoms. The average molecular weight is 458 g/mol. The van der Waals surface area contributed by atoms with E-state index in [1.807, 2.05) is 19.9 Å². The van der Waals surface area contributed by atoms with Crippen molar-refractivity contribution >= 4 is 38.1 Å². The Kier molecular flexibility index (Phi) is 5.57. The van der Waals surface area contributed by atoms with Crippen molar-refractivity contribution < 1.29 is 13.2 Å². The van der Waals surface area contributed by atoms with Gasteiger partial charge >= 0.3 is 0 Å². The number of thiazole rings is 1. The van der Waals surface area contributed by atoms with Gasteiger partial charge in [0.2, 0.25) is 0 Å². The number of amides is 1. The number of carbonyl (C=O) groups is 1. The highest BCUT2D eigenvalue weighted by Gasteiger charge is 2.16. The summed E-state index contributed by atoms with van der Waals surface area (Å²) in [4.78, 5) is 16.5. The minimum Gasteiger partial charge on any atom is -0.321 e. The Labute approximate surface area is 182 Å². The number of aryl methyl sites for hydroxylation is 2. The summed E-state index contributed by atoms with van der Waals surface area (Å²) in [5.41, 5.74) is 2.60. The van der Waals surface area contributed by atoms with Crippen LogP contribution in [0.4, 0.5) is 10.8 Å². The molecule has 12 heteroatoms. The zero-order chi connectivity index (χ0) is 22.0. The maximum atomic E-state index is 12.5. The summed E-state index contributed by atoms with van der Waals surface area (Å²) >= 11 is 1.19. The van der Waals surface area contributed by atoms with Crippen LogP contribution in [0.2, 0.25) is 0 Å². The molecule has 0 saturated carbocycles. The van der Waals surface area contributed by atoms with Crippen LogP contribution in [0.5, 0.6) is 0 Å². The number of benzene rings is 1. The van der Waals surface area contributed by atoms with Gasteiger partial charge in [0.15, 0.2) is 10.8 Å². The second-order valence-electron chi connectivity index (χ2n) is 6.73. The lowest BCUT2D eigenvalue weighted by atomic mass is 10.3. The van der Waals surface area contributed by atoms with E-state index >= 15 is 0 Å². The van der Waals surface area contributed by atoms with Gasteiger partial charge in [0.05, 0.1) is 10.6 Å². The Hall–Kier alpha value is -3.51. The predicted octanol–water partition coefficient (Wildman–Crippen LogP) is 2.71. The van der Waals surface area contributed by atoms with Crippen LogP contribution in [0.15, 0.2) is 59.1 Å². The fraction of sp³-hybridized carbons (Fsp3) is 0.158. The number of nitrogens with zero attached hydrogens (tertiary/aromatic N) is 5. The Balaban J connectivity index is 1.41. The first-order valence-electron chi connectivity index (χ1n) is 9.18. The van der Waals surface area contributed by atoms with E-state index in [1.54, 1.807) is 27.0 Å². The first kappa shape index (κ1) is 20.8. The summed E-state index contributed by atoms with van der Waals surface area (Å²) in [5, 5.41) is 13.3. The standard InChI is InChI=1S/C19H19N7O3S2/c1-13-11-14(2)26(22-13)12-25-9-7-17(23-25)18(27)21-15-3-5-16(6-4-15)31(28,29)24-19-20-8-10-30-19/h3-11H,12H2,1-2H3,(H,20,24)(H,21,27). The molecule has 10 nitrogen and oxygen atoms in total. The molecule has 0 bridgehead atoms. The van der Waals surface area contributed by atoms with E-state index in [9.17, 15) is 13.2 Å². The molecule has 0 unspecified atom stereocenters. The number of hydrogen-bond donors (Lipinski definition) is 2. The van der Waals surface area contributed by atoms with Crippen LogP contribution in [-0.4, -0.2) is 38.9 Å². The zero-order valence-electron chi connectivity index (χ0n) is 16.7. The molecule has 0 fully saturated rings. The summed E-state index contributed by atoms with van der Waals surface area (Å²) < 4.78 is 30.6. The number of carbonyl (C=O) groups excluding carboxylic acids is 1. The van der Waals surface area contributed by atoms with Crippen LogP contribution >= 0.6 is 11.3 Å². The fourth-order valence-corrected chi connectivity index (χ4v) is 4.67. The van der Waals surface area contributed by atoms with Gasteiger partial charge in [0, 0.05) is 29.2 Å². The summed E-state index contributed by atoms with van der Waals surface area (Å²) in [7, 11) is -3.75. The van der Waals surface area contributed by atoms with Gasteiger partial charge < -0.3 is 5.32 Å². The zero-order valence-corrected chi connectivity index (χ0v) is 18.3. The van der Waals surface area contributed by atoms with Crippen LogP contribution < -0.4 is 10.0 Å². The minimum atomic E-state index is -3.75. The first-order chi connectivity index (χ1) is 14.8. The molecular weight excluding hydrogens is 438 g/mol. The third kappa shape index (κ3) is 4.81. The van der Waals surface area contributed by atoms with E-state index < -0.39 is 15.9 Å². The molecule has 0 radical (unpaired) electrons. The van der Waals surface area contributed by atoms with E-state index in [4.69, 9.17) is 0 Å². The lowest BCUT2D eigenvalue weighted by molar-refractivity contribution is 0.102. The second-order valence-corrected chi connectivity index (χ2v) is 9.31. The van der Waals surface area contributed by atoms with Crippen molar-refractivity contribution in [3.63, 3.8) is 0 Å². The summed E-state index contributed by atoms with van der Waals surface area (Å²) in [6, 6.07) is 9.42. The average Bonchev–Trinajstić information content (AvgIpc) is 3.45. The van der Waals surface area contributed by atoms with Crippen molar-refractivity contribution in [3.05, 3.63) is 71.3 Å². The van der Waals surface area contributed by atoms with Gasteiger partial charge in [0.1, 0.15) is 6.67 Å². The molecule has 31 heavy (non-hydrogen) atoms. The normalized spacial score (nSPS) is 11.4. The molecule has 0 atom stereocenters. The van der Waals surface area contributed by atoms with E-state index in [1.165, 1.54) is 41.8 Å². The second kappa shape index (κ2) is 8.32. The molecule has 0 saturated heterocycles. The highest BCUT2D eigenvalue weighted by molar-refractivity contribution is 7.93. The van der Waals surface area contributed by atoms with Gasteiger partial charge in [-0.15, -0.1) is 11.3 Å². The third-order valence-corrected chi connectivity index (χ3v) is 6.50. The summed E-state index contributed by atoms with van der Waals surface area (Å²) in [6.45, 7) is 4.26. The highest BCUT2D eigenvalue weighted by atomic mass is 32.2. The number of anilines is 2. The van der Waals surface area contributed by atoms with Gasteiger partial charge in [-0.3, -0.25) is 14.2 Å². The number of nitrogens with one attached hydrogen (secondary N) is 2. The number of sulfonamides is 1. The van der Waals surface area contributed by atoms with Crippen molar-refractivity contribution in [1.82, 2.24) is 24.5 Å². The quantitative estimate of drug-likeness (QED) is 0.440. The van der Waals surface area contributed by atoms with Crippen molar-refractivity contribution in [2.75, 3.05) is 10.0 Å². The topological polar surface area (TPSA) is 124 Å². The van der Waals surface area contributed by atoms with Crippen molar-refractivity contribution in [2.24, 2.45) is 0 Å². The Morgan fingerprint density at radius 1 is 1.13 bits per heavy atom. The maximum absolute atomic E-state index is 12.5. The summed E-state index contributed by atoms with van der Waals surface area (Å²) in [5.74, 6) is -0.399. The van der Waals surface area contributed by atoms with Gasteiger partial charge in [-0.2, -0.15) is 10.2 Å². The Morgan fingerprint density at radius 3 is 2.55 bits per heavy atom. The van der Waals surface area contributed by atoms with Gasteiger partial charge in [-0.05, 0) is 50.2 Å². The SMILES string of the molecule is Cc1cc(C)n(Cn2ccc(C(=O)Nc3ccc(S(=O)(=O)Nc4nccs4)cc3)n2)n1. The molecule has 0 aliphatic heterocycles. The largest absolute Gasteiger partial charge is 0.321 e. The van der Waals surface area contributed by atoms with Gasteiger partial charge in [-0.1, -0.05) is 0 Å². The van der Waals surface area contributed by atoms with E-state index in [0.717, 1.165) is 11.4 Å². The molecule has 0 aliphatic rings. The molecule has 3 heterocycles. The maximum Gasteiger partial charge on any atom is 0.276 e. The van der Waals surface area contributed by atoms with Gasteiger partial charge in [0.25, 0.3) is 15.9 Å². The highest BCUT2D eigenvalue weighted by Crippen LogP contribution is 2.19. The molecule has 160 valence electrons. The lowest BCUT2D eigenvalue weighted by Gasteiger charge is -2.07. The molecule has 4 aromatic rings. The van der Waals surface area contributed by atoms with Crippen LogP contribution in [0.3, 0.4) is 0 Å². The van der Waals surface area contributed by atoms with E-state index in [2.05, 4.69) is 25.2 Å². The third-order valence-electron chi connectivity index (χ3n) is 4.33. The molecule has 3 aromatic heterocycles. The molecule has 4 rings (SSSR count). The monoisotopic (exact) mass is 457 g/mol. The van der Waals surface area contributed by atoms with Crippen LogP contribution in [0, 0.1) is 13.8 Å². The fourth-order valence-electron chi connectivity index (χ4n) is 2.88. The molecule has 2 N–H and O–H groups in total. The van der Waals surface area contributed by atoms with Crippen molar-refractivity contribution in [3.8, 4) is 0 Å². The number of aromatic nitrogens is 5. The summed E-state index contributed by atoms with van der Waals surface area (Å²) in [6.07, 6.45) is 3.21. The molecule has 1 aromatic carbocycles. The molecular formula is C19H19N7O3S2. The molecule has 1 amide bonds. The van der Waals surface area contributed by atoms with Crippen LogP contribution in [0.1, 0.15) is 21.9 Å². The molecule has 0 aliphatic carbocycles. The number of rotatable bonds is 7. The van der Waals surface area contributed by atoms with Crippen LogP contribution in [0.25, 0.3) is 0 Å². The van der Waals surface area contributed by atoms with Crippen molar-refractivity contribution in [1.29, 1.82) is 0 Å². The van der Waals surface area contributed by atoms with E-state index in [-0.39, 0.29) is 15.7 Å². The first-order valence-corrected chi connectivity index (χ1v) is 11.5. The Morgan fingerprint density at radius 2 is 1.90 bits per heavy atom. The van der Waals surface area contributed by atoms with Gasteiger partial charge in [-0.25, -0.2) is 18.1 Å². The minimum absolute atomic E-state index is 0.0647. The number of hydrogen-bond acceptors (Lipinski definition) is 7. The van der Waals surface area contributed by atoms with Crippen molar-refractivity contribution in [2.45, 2.75) is 25.4 Å². The lowest BCUT2D eigenvalue weighted by Crippen LogP contribution is -2.16. The van der Waals surface area contributed by atoms with Crippen LogP contribution in [-0.2, 0) is 16.7 Å². The smallest absolute Gasteiger partial charge is 0.276 e.